The van der Waals surface area contributed by atoms with Gasteiger partial charge < -0.3 is 9.64 Å². The molecule has 3 rings (SSSR count). The average Bonchev–Trinajstić information content (AvgIpc) is 2.63. The second-order valence-corrected chi connectivity index (χ2v) is 6.56. The van der Waals surface area contributed by atoms with E-state index in [2.05, 4.69) is 9.97 Å². The number of amides is 1. The van der Waals surface area contributed by atoms with Gasteiger partial charge >= 0.3 is 0 Å². The molecule has 5 nitrogen and oxygen atoms in total. The van der Waals surface area contributed by atoms with Crippen molar-refractivity contribution in [2.75, 3.05) is 13.1 Å². The number of benzene rings is 1. The highest BCUT2D eigenvalue weighted by molar-refractivity contribution is 7.99. The number of hydrogen-bond donors (Lipinski definition) is 0. The molecule has 2 aromatic rings. The molecule has 1 fully saturated rings. The lowest BCUT2D eigenvalue weighted by Crippen LogP contribution is -2.42. The number of carbonyl (C=O) groups excluding carboxylic acids is 1. The fourth-order valence-corrected chi connectivity index (χ4v) is 3.34. The Kier molecular flexibility index (Phi) is 5.80. The smallest absolute Gasteiger partial charge is 0.288 e. The molecule has 0 unspecified atom stereocenters. The largest absolute Gasteiger partial charge is 0.474 e. The quantitative estimate of drug-likeness (QED) is 0.760. The van der Waals surface area contributed by atoms with Crippen molar-refractivity contribution < 1.29 is 18.3 Å². The number of carbonyl (C=O) groups is 1. The van der Waals surface area contributed by atoms with E-state index in [9.17, 15) is 13.6 Å². The van der Waals surface area contributed by atoms with Gasteiger partial charge in [0.15, 0.2) is 0 Å². The molecule has 0 atom stereocenters. The first-order valence-corrected chi connectivity index (χ1v) is 8.77. The maximum absolute atomic E-state index is 12.7. The predicted molar refractivity (Wildman–Crippen MR) is 89.9 cm³/mol. The maximum atomic E-state index is 12.7. The number of halogens is 2. The molecule has 0 N–H and O–H groups in total. The number of hydrogen-bond acceptors (Lipinski definition) is 5. The zero-order valence-corrected chi connectivity index (χ0v) is 14.2. The van der Waals surface area contributed by atoms with Crippen molar-refractivity contribution in [1.82, 2.24) is 14.9 Å². The van der Waals surface area contributed by atoms with Crippen LogP contribution in [-0.4, -0.2) is 45.7 Å². The van der Waals surface area contributed by atoms with Crippen LogP contribution >= 0.6 is 11.8 Å². The Morgan fingerprint density at radius 2 is 2.00 bits per heavy atom. The molecule has 1 aromatic heterocycles. The third-order valence-corrected chi connectivity index (χ3v) is 4.69. The Labute approximate surface area is 148 Å². The molecule has 1 aliphatic rings. The lowest BCUT2D eigenvalue weighted by molar-refractivity contribution is 0.0584. The summed E-state index contributed by atoms with van der Waals surface area (Å²) in [5, 5.41) is 0. The van der Waals surface area contributed by atoms with E-state index in [1.807, 2.05) is 0 Å². The van der Waals surface area contributed by atoms with Gasteiger partial charge in [-0.2, -0.15) is 8.78 Å². The first-order valence-electron chi connectivity index (χ1n) is 7.89. The van der Waals surface area contributed by atoms with Crippen LogP contribution in [-0.2, 0) is 0 Å². The molecule has 2 heterocycles. The summed E-state index contributed by atoms with van der Waals surface area (Å²) >= 11 is 0.400. The topological polar surface area (TPSA) is 55.3 Å². The minimum absolute atomic E-state index is 0.0235. The first-order chi connectivity index (χ1) is 12.1. The van der Waals surface area contributed by atoms with Crippen molar-refractivity contribution in [3.63, 3.8) is 0 Å². The van der Waals surface area contributed by atoms with Gasteiger partial charge in [0.2, 0.25) is 5.88 Å². The summed E-state index contributed by atoms with van der Waals surface area (Å²) in [5.74, 6) is -2.26. The van der Waals surface area contributed by atoms with Crippen molar-refractivity contribution in [1.29, 1.82) is 0 Å². The highest BCUT2D eigenvalue weighted by atomic mass is 32.2. The van der Waals surface area contributed by atoms with E-state index in [4.69, 9.17) is 4.74 Å². The van der Waals surface area contributed by atoms with Gasteiger partial charge in [-0.15, -0.1) is 0 Å². The van der Waals surface area contributed by atoms with Crippen LogP contribution in [0.4, 0.5) is 8.78 Å². The van der Waals surface area contributed by atoms with E-state index in [1.165, 1.54) is 6.33 Å². The Bertz CT molecular complexity index is 710. The molecule has 1 aromatic carbocycles. The fraction of sp³-hybridized carbons (Fsp3) is 0.353. The predicted octanol–water partition coefficient (Wildman–Crippen LogP) is 3.47. The van der Waals surface area contributed by atoms with Crippen LogP contribution in [0.25, 0.3) is 0 Å². The van der Waals surface area contributed by atoms with Gasteiger partial charge in [-0.1, -0.05) is 23.9 Å². The van der Waals surface area contributed by atoms with E-state index in [0.717, 1.165) is 0 Å². The van der Waals surface area contributed by atoms with Crippen LogP contribution in [0.1, 0.15) is 23.2 Å². The van der Waals surface area contributed by atoms with Crippen molar-refractivity contribution in [2.45, 2.75) is 29.6 Å². The standard InChI is InChI=1S/C17H17F2N3O2S/c18-17(19)25-14-4-2-1-3-13(14)16(23)22-9-6-12(7-10-22)24-15-5-8-20-11-21-15/h1-5,8,11-12,17H,6-7,9-10H2. The number of likely N-dealkylation sites (tertiary alicyclic amines) is 1. The normalized spacial score (nSPS) is 15.4. The van der Waals surface area contributed by atoms with E-state index in [0.29, 0.717) is 54.0 Å². The van der Waals surface area contributed by atoms with Crippen molar-refractivity contribution in [2.24, 2.45) is 0 Å². The zero-order valence-electron chi connectivity index (χ0n) is 13.3. The molecule has 0 spiro atoms. The molecular weight excluding hydrogens is 348 g/mol. The molecule has 0 saturated carbocycles. The molecule has 0 aliphatic carbocycles. The van der Waals surface area contributed by atoms with Gasteiger partial charge in [-0.25, -0.2) is 9.97 Å². The maximum Gasteiger partial charge on any atom is 0.288 e. The summed E-state index contributed by atoms with van der Waals surface area (Å²) in [7, 11) is 0. The van der Waals surface area contributed by atoms with E-state index < -0.39 is 5.76 Å². The van der Waals surface area contributed by atoms with Crippen LogP contribution < -0.4 is 4.74 Å². The first kappa shape index (κ1) is 17.6. The van der Waals surface area contributed by atoms with E-state index in [1.54, 1.807) is 41.4 Å². The number of ether oxygens (including phenoxy) is 1. The van der Waals surface area contributed by atoms with Crippen molar-refractivity contribution in [3.05, 3.63) is 48.4 Å². The van der Waals surface area contributed by atoms with E-state index >= 15 is 0 Å². The molecule has 132 valence electrons. The molecule has 1 saturated heterocycles. The Morgan fingerprint density at radius 3 is 2.68 bits per heavy atom. The number of aromatic nitrogens is 2. The van der Waals surface area contributed by atoms with Crippen LogP contribution in [0.3, 0.4) is 0 Å². The molecule has 1 amide bonds. The molecule has 25 heavy (non-hydrogen) atoms. The van der Waals surface area contributed by atoms with Crippen molar-refractivity contribution >= 4 is 17.7 Å². The lowest BCUT2D eigenvalue weighted by Gasteiger charge is -2.32. The van der Waals surface area contributed by atoms with Crippen LogP contribution in [0, 0.1) is 0 Å². The summed E-state index contributed by atoms with van der Waals surface area (Å²) in [5.41, 5.74) is 0.322. The lowest BCUT2D eigenvalue weighted by atomic mass is 10.1. The highest BCUT2D eigenvalue weighted by Crippen LogP contribution is 2.29. The fourth-order valence-electron chi connectivity index (χ4n) is 2.71. The molecule has 0 radical (unpaired) electrons. The Morgan fingerprint density at radius 1 is 1.24 bits per heavy atom. The van der Waals surface area contributed by atoms with Gasteiger partial charge in [0.05, 0.1) is 5.56 Å². The number of nitrogens with zero attached hydrogens (tertiary/aromatic N) is 3. The Hall–Kier alpha value is -2.22. The highest BCUT2D eigenvalue weighted by Gasteiger charge is 2.26. The van der Waals surface area contributed by atoms with Gasteiger partial charge in [-0.05, 0) is 12.1 Å². The number of thioether (sulfide) groups is 1. The monoisotopic (exact) mass is 365 g/mol. The van der Waals surface area contributed by atoms with Gasteiger partial charge in [-0.3, -0.25) is 4.79 Å². The van der Waals surface area contributed by atoms with Gasteiger partial charge in [0, 0.05) is 43.1 Å². The average molecular weight is 365 g/mol. The van der Waals surface area contributed by atoms with Gasteiger partial charge in [0.25, 0.3) is 11.7 Å². The summed E-state index contributed by atoms with van der Waals surface area (Å²) in [6.07, 6.45) is 4.34. The van der Waals surface area contributed by atoms with Crippen LogP contribution in [0.15, 0.2) is 47.8 Å². The number of alkyl halides is 2. The third-order valence-electron chi connectivity index (χ3n) is 3.90. The SMILES string of the molecule is O=C(c1ccccc1SC(F)F)N1CCC(Oc2ccncn2)CC1. The summed E-state index contributed by atoms with van der Waals surface area (Å²) in [6, 6.07) is 8.18. The van der Waals surface area contributed by atoms with Crippen LogP contribution in [0.5, 0.6) is 5.88 Å². The number of rotatable bonds is 5. The van der Waals surface area contributed by atoms with Crippen LogP contribution in [0.2, 0.25) is 0 Å². The minimum Gasteiger partial charge on any atom is -0.474 e. The second kappa shape index (κ2) is 8.24. The molecule has 0 bridgehead atoms. The minimum atomic E-state index is -2.55. The number of piperidine rings is 1. The summed E-state index contributed by atoms with van der Waals surface area (Å²) in [4.78, 5) is 22.5. The zero-order chi connectivity index (χ0) is 17.6. The summed E-state index contributed by atoms with van der Waals surface area (Å²) < 4.78 is 31.1. The van der Waals surface area contributed by atoms with Crippen molar-refractivity contribution in [3.8, 4) is 5.88 Å². The Balaban J connectivity index is 1.60. The second-order valence-electron chi connectivity index (χ2n) is 5.53. The molecular formula is C17H17F2N3O2S. The molecule has 8 heteroatoms. The third kappa shape index (κ3) is 4.66. The molecule has 1 aliphatic heterocycles. The summed E-state index contributed by atoms with van der Waals surface area (Å²) in [6.45, 7) is 1.03. The van der Waals surface area contributed by atoms with Gasteiger partial charge in [0.1, 0.15) is 12.4 Å². The van der Waals surface area contributed by atoms with E-state index in [-0.39, 0.29) is 12.0 Å².